The first-order valence-corrected chi connectivity index (χ1v) is 14.2. The van der Waals surface area contributed by atoms with Gasteiger partial charge < -0.3 is 0 Å². The third-order valence-corrected chi connectivity index (χ3v) is 19.6. The first-order valence-electron chi connectivity index (χ1n) is 6.86. The average Bonchev–Trinajstić information content (AvgIpc) is 2.47. The molecule has 0 aromatic heterocycles. The van der Waals surface area contributed by atoms with Crippen LogP contribution in [0.25, 0.3) is 0 Å². The maximum atomic E-state index is 11.6. The number of carboxylic acid groups (broad SMARTS) is 1. The van der Waals surface area contributed by atoms with Gasteiger partial charge in [0.15, 0.2) is 0 Å². The van der Waals surface area contributed by atoms with E-state index in [4.69, 9.17) is 0 Å². The normalized spacial score (nSPS) is 14.0. The number of carboxylic acids is 1. The van der Waals surface area contributed by atoms with Crippen molar-refractivity contribution in [2.24, 2.45) is 0 Å². The summed E-state index contributed by atoms with van der Waals surface area (Å²) < 4.78 is 2.92. The van der Waals surface area contributed by atoms with Crippen molar-refractivity contribution >= 4 is 31.5 Å². The van der Waals surface area contributed by atoms with E-state index in [0.29, 0.717) is 9.50 Å². The Morgan fingerprint density at radius 2 is 1.55 bits per heavy atom. The fourth-order valence-corrected chi connectivity index (χ4v) is 13.2. The van der Waals surface area contributed by atoms with Gasteiger partial charge in [-0.15, -0.1) is 0 Å². The molecule has 2 rings (SSSR count). The van der Waals surface area contributed by atoms with Gasteiger partial charge in [-0.2, -0.15) is 0 Å². The number of rotatable bonds is 4. The molecule has 2 aromatic carbocycles. The zero-order chi connectivity index (χ0) is 14.8. The van der Waals surface area contributed by atoms with Crippen molar-refractivity contribution in [1.82, 2.24) is 0 Å². The summed E-state index contributed by atoms with van der Waals surface area (Å²) in [5.41, 5.74) is 0.475. The van der Waals surface area contributed by atoms with Gasteiger partial charge in [-0.05, 0) is 0 Å². The molecule has 20 heavy (non-hydrogen) atoms. The minimum absolute atomic E-state index is 0.475. The second-order valence-corrected chi connectivity index (χ2v) is 18.9. The van der Waals surface area contributed by atoms with E-state index in [0.717, 1.165) is 3.58 Å². The van der Waals surface area contributed by atoms with Crippen LogP contribution >= 0.6 is 0 Å². The van der Waals surface area contributed by atoms with Crippen LogP contribution in [0.2, 0.25) is 8.87 Å². The molecule has 2 aromatic rings. The molecule has 2 nitrogen and oxygen atoms in total. The molecule has 0 radical (unpaired) electrons. The zero-order valence-electron chi connectivity index (χ0n) is 12.1. The van der Waals surface area contributed by atoms with E-state index >= 15 is 0 Å². The first kappa shape index (κ1) is 15.1. The van der Waals surface area contributed by atoms with Gasteiger partial charge in [0, 0.05) is 0 Å². The molecule has 0 saturated heterocycles. The van der Waals surface area contributed by atoms with Crippen LogP contribution in [-0.4, -0.2) is 29.5 Å². The Morgan fingerprint density at radius 3 is 2.10 bits per heavy atom. The number of aromatic carboxylic acids is 1. The third-order valence-electron chi connectivity index (χ3n) is 4.25. The quantitative estimate of drug-likeness (QED) is 0.835. The van der Waals surface area contributed by atoms with Crippen molar-refractivity contribution in [3.8, 4) is 0 Å². The number of benzene rings is 2. The molecular formula is C17H20O2Sn. The van der Waals surface area contributed by atoms with Gasteiger partial charge in [-0.3, -0.25) is 0 Å². The zero-order valence-corrected chi connectivity index (χ0v) is 15.0. The Labute approximate surface area is 124 Å². The molecule has 3 heteroatoms. The third kappa shape index (κ3) is 2.61. The van der Waals surface area contributed by atoms with E-state index in [1.807, 2.05) is 24.3 Å². The second kappa shape index (κ2) is 6.00. The topological polar surface area (TPSA) is 37.3 Å². The van der Waals surface area contributed by atoms with Crippen LogP contribution in [0.5, 0.6) is 0 Å². The standard InChI is InChI=1S/C7H5O2.C6H5.C3H7.CH3.Sn/c8-7(9)6-4-2-1-3-5-6;1-2-4-6-5-3-1;1-3-2;;/h1-4H,(H,8,9);1-5H;3H,1-2H3;1H3;. The molecule has 0 aliphatic carbocycles. The molecule has 0 amide bonds. The van der Waals surface area contributed by atoms with Crippen LogP contribution in [0.15, 0.2) is 54.6 Å². The van der Waals surface area contributed by atoms with E-state index in [-0.39, 0.29) is 0 Å². The van der Waals surface area contributed by atoms with E-state index in [2.05, 4.69) is 43.1 Å². The van der Waals surface area contributed by atoms with E-state index in [1.165, 1.54) is 3.58 Å². The fraction of sp³-hybridized carbons (Fsp3) is 0.235. The van der Waals surface area contributed by atoms with Crippen molar-refractivity contribution in [1.29, 1.82) is 0 Å². The van der Waals surface area contributed by atoms with Crippen molar-refractivity contribution in [3.63, 3.8) is 0 Å². The monoisotopic (exact) mass is 376 g/mol. The minimum atomic E-state index is -2.96. The predicted octanol–water partition coefficient (Wildman–Crippen LogP) is 2.99. The Hall–Kier alpha value is -1.29. The van der Waals surface area contributed by atoms with Crippen molar-refractivity contribution in [2.75, 3.05) is 0 Å². The molecule has 0 aliphatic rings. The summed E-state index contributed by atoms with van der Waals surface area (Å²) in [4.78, 5) is 13.9. The van der Waals surface area contributed by atoms with Gasteiger partial charge in [0.25, 0.3) is 0 Å². The van der Waals surface area contributed by atoms with Crippen molar-refractivity contribution in [3.05, 3.63) is 60.2 Å². The fourth-order valence-electron chi connectivity index (χ4n) is 2.71. The molecule has 0 spiro atoms. The second-order valence-electron chi connectivity index (χ2n) is 5.57. The predicted molar refractivity (Wildman–Crippen MR) is 85.8 cm³/mol. The molecule has 0 bridgehead atoms. The van der Waals surface area contributed by atoms with Crippen molar-refractivity contribution < 1.29 is 9.90 Å². The van der Waals surface area contributed by atoms with Gasteiger partial charge in [0.1, 0.15) is 0 Å². The van der Waals surface area contributed by atoms with E-state index in [1.54, 1.807) is 6.07 Å². The number of carbonyl (C=O) groups is 1. The van der Waals surface area contributed by atoms with Crippen LogP contribution < -0.4 is 7.16 Å². The summed E-state index contributed by atoms with van der Waals surface area (Å²) in [5.74, 6) is -0.819. The van der Waals surface area contributed by atoms with Crippen LogP contribution in [0.4, 0.5) is 0 Å². The number of hydrogen-bond donors (Lipinski definition) is 1. The summed E-state index contributed by atoms with van der Waals surface area (Å²) in [7, 11) is 0. The Morgan fingerprint density at radius 1 is 1.00 bits per heavy atom. The Balaban J connectivity index is 2.70. The summed E-state index contributed by atoms with van der Waals surface area (Å²) >= 11 is -2.96. The van der Waals surface area contributed by atoms with Gasteiger partial charge in [-0.25, -0.2) is 0 Å². The molecule has 1 N–H and O–H groups in total. The SMILES string of the molecule is C[CH](C)[Sn]([CH3])([c]1ccccc1)[c]1ccccc1C(=O)O. The molecule has 0 saturated carbocycles. The molecule has 0 fully saturated rings. The molecular weight excluding hydrogens is 355 g/mol. The molecule has 1 atom stereocenters. The van der Waals surface area contributed by atoms with Crippen LogP contribution in [0.3, 0.4) is 0 Å². The maximum absolute atomic E-state index is 11.6. The van der Waals surface area contributed by atoms with Crippen LogP contribution in [0, 0.1) is 0 Å². The molecule has 1 unspecified atom stereocenters. The van der Waals surface area contributed by atoms with Gasteiger partial charge in [-0.1, -0.05) is 0 Å². The molecule has 104 valence electrons. The summed E-state index contributed by atoms with van der Waals surface area (Å²) in [6, 6.07) is 18.0. The Bertz CT molecular complexity index is 607. The first-order chi connectivity index (χ1) is 9.48. The van der Waals surface area contributed by atoms with Crippen LogP contribution in [0.1, 0.15) is 24.2 Å². The van der Waals surface area contributed by atoms with Gasteiger partial charge in [0.2, 0.25) is 0 Å². The molecule has 0 heterocycles. The van der Waals surface area contributed by atoms with Gasteiger partial charge in [0.05, 0.1) is 0 Å². The van der Waals surface area contributed by atoms with E-state index < -0.39 is 24.3 Å². The Kier molecular flexibility index (Phi) is 4.53. The average molecular weight is 375 g/mol. The number of hydrogen-bond acceptors (Lipinski definition) is 1. The van der Waals surface area contributed by atoms with Gasteiger partial charge >= 0.3 is 124 Å². The summed E-state index contributed by atoms with van der Waals surface area (Å²) in [5, 5.41) is 9.49. The summed E-state index contributed by atoms with van der Waals surface area (Å²) in [6.07, 6.45) is 0. The van der Waals surface area contributed by atoms with Crippen LogP contribution in [-0.2, 0) is 0 Å². The van der Waals surface area contributed by atoms with Crippen molar-refractivity contribution in [2.45, 2.75) is 22.7 Å². The molecule has 0 aliphatic heterocycles. The summed E-state index contributed by atoms with van der Waals surface area (Å²) in [6.45, 7) is 4.45. The van der Waals surface area contributed by atoms with E-state index in [9.17, 15) is 9.90 Å².